The van der Waals surface area contributed by atoms with Gasteiger partial charge < -0.3 is 14.2 Å². The zero-order chi connectivity index (χ0) is 27.1. The van der Waals surface area contributed by atoms with Crippen LogP contribution in [0.1, 0.15) is 59.3 Å². The highest BCUT2D eigenvalue weighted by Gasteiger charge is 2.47. The minimum Gasteiger partial charge on any atom is -0.465 e. The van der Waals surface area contributed by atoms with Crippen LogP contribution in [-0.4, -0.2) is 106 Å². The van der Waals surface area contributed by atoms with E-state index in [0.29, 0.717) is 44.9 Å². The van der Waals surface area contributed by atoms with Gasteiger partial charge in [-0.15, -0.1) is 0 Å². The largest absolute Gasteiger partial charge is 0.465 e. The Kier molecular flexibility index (Phi) is 11.2. The quantitative estimate of drug-likeness (QED) is 0.250. The van der Waals surface area contributed by atoms with E-state index in [1.807, 2.05) is 6.92 Å². The summed E-state index contributed by atoms with van der Waals surface area (Å²) in [6, 6.07) is -1.30. The van der Waals surface area contributed by atoms with E-state index in [1.165, 1.54) is 12.0 Å². The Morgan fingerprint density at radius 3 is 2.22 bits per heavy atom. The van der Waals surface area contributed by atoms with Crippen LogP contribution < -0.4 is 0 Å². The highest BCUT2D eigenvalue weighted by Crippen LogP contribution is 2.42. The highest BCUT2D eigenvalue weighted by molar-refractivity contribution is 7.76. The van der Waals surface area contributed by atoms with Gasteiger partial charge in [0.25, 0.3) is 0 Å². The van der Waals surface area contributed by atoms with Crippen molar-refractivity contribution in [3.05, 3.63) is 0 Å². The molecule has 0 aromatic rings. The smallest absolute Gasteiger partial charge is 0.410 e. The van der Waals surface area contributed by atoms with Crippen molar-refractivity contribution < 1.29 is 37.4 Å². The molecule has 0 aromatic carbocycles. The molecule has 3 rings (SSSR count). The Bertz CT molecular complexity index is 830. The van der Waals surface area contributed by atoms with Crippen molar-refractivity contribution in [3.8, 4) is 0 Å². The zero-order valence-electron chi connectivity index (χ0n) is 22.5. The third-order valence-corrected chi connectivity index (χ3v) is 8.92. The number of methoxy groups -OCH3 is 1. The normalized spacial score (nSPS) is 31.0. The first-order valence-electron chi connectivity index (χ1n) is 13.5. The van der Waals surface area contributed by atoms with Crippen molar-refractivity contribution in [2.24, 2.45) is 17.8 Å². The third-order valence-electron chi connectivity index (χ3n) is 8.03. The standard InChI is InChI=1S/C25H43N3O8S/c1-5-10-28(37(32)33)20-13-21(23(29)35-6-2)26(16-20)14-17-8-9-18-15-27(25(31)34-4)22(12-19(18)11-17)24(30)36-7-3/h17-22H,5-16H2,1-4H3,(H,32,33). The molecular weight excluding hydrogens is 502 g/mol. The van der Waals surface area contributed by atoms with Gasteiger partial charge in [-0.2, -0.15) is 4.31 Å². The van der Waals surface area contributed by atoms with Gasteiger partial charge in [-0.05, 0) is 70.1 Å². The second-order valence-electron chi connectivity index (χ2n) is 10.3. The number of carbonyl (C=O) groups excluding carboxylic acids is 3. The van der Waals surface area contributed by atoms with Gasteiger partial charge in [0, 0.05) is 32.2 Å². The van der Waals surface area contributed by atoms with E-state index in [9.17, 15) is 23.1 Å². The molecule has 0 radical (unpaired) electrons. The Balaban J connectivity index is 1.70. The number of carbonyl (C=O) groups is 3. The van der Waals surface area contributed by atoms with Crippen molar-refractivity contribution in [2.45, 2.75) is 77.4 Å². The van der Waals surface area contributed by atoms with Crippen LogP contribution in [-0.2, 0) is 35.1 Å². The predicted molar refractivity (Wildman–Crippen MR) is 137 cm³/mol. The number of esters is 2. The Hall–Kier alpha value is -1.76. The fourth-order valence-corrected chi connectivity index (χ4v) is 7.15. The molecule has 3 fully saturated rings. The van der Waals surface area contributed by atoms with E-state index >= 15 is 0 Å². The number of rotatable bonds is 10. The first-order chi connectivity index (χ1) is 17.7. The van der Waals surface area contributed by atoms with Crippen LogP contribution in [0.5, 0.6) is 0 Å². The molecule has 0 spiro atoms. The summed E-state index contributed by atoms with van der Waals surface area (Å²) in [5.41, 5.74) is 0. The van der Waals surface area contributed by atoms with Crippen LogP contribution in [0.25, 0.3) is 0 Å². The summed E-state index contributed by atoms with van der Waals surface area (Å²) in [5.74, 6) is 0.169. The number of hydrogen-bond donors (Lipinski definition) is 1. The fourth-order valence-electron chi connectivity index (χ4n) is 6.41. The van der Waals surface area contributed by atoms with Gasteiger partial charge in [0.05, 0.1) is 20.3 Å². The molecule has 2 saturated heterocycles. The number of piperidine rings is 1. The second-order valence-corrected chi connectivity index (χ2v) is 11.2. The summed E-state index contributed by atoms with van der Waals surface area (Å²) in [6.45, 7) is 8.20. The third kappa shape index (κ3) is 7.21. The summed E-state index contributed by atoms with van der Waals surface area (Å²) in [7, 11) is 1.32. The van der Waals surface area contributed by atoms with Crippen LogP contribution in [0, 0.1) is 17.8 Å². The second kappa shape index (κ2) is 13.9. The maximum absolute atomic E-state index is 12.8. The molecule has 37 heavy (non-hydrogen) atoms. The molecule has 11 nitrogen and oxygen atoms in total. The Labute approximate surface area is 222 Å². The van der Waals surface area contributed by atoms with Gasteiger partial charge in [0.2, 0.25) is 11.3 Å². The molecule has 212 valence electrons. The van der Waals surface area contributed by atoms with Crippen molar-refractivity contribution in [3.63, 3.8) is 0 Å². The van der Waals surface area contributed by atoms with E-state index in [-0.39, 0.29) is 37.1 Å². The average Bonchev–Trinajstić information content (AvgIpc) is 3.29. The maximum Gasteiger partial charge on any atom is 0.410 e. The first kappa shape index (κ1) is 29.8. The summed E-state index contributed by atoms with van der Waals surface area (Å²) in [6.07, 6.45) is 3.98. The van der Waals surface area contributed by atoms with Crippen LogP contribution in [0.15, 0.2) is 0 Å². The molecule has 1 aliphatic carbocycles. The molecule has 2 heterocycles. The molecule has 12 heteroatoms. The number of fused-ring (bicyclic) bond motifs is 1. The van der Waals surface area contributed by atoms with Crippen LogP contribution in [0.3, 0.4) is 0 Å². The summed E-state index contributed by atoms with van der Waals surface area (Å²) < 4.78 is 38.9. The molecule has 1 N–H and O–H groups in total. The van der Waals surface area contributed by atoms with Crippen molar-refractivity contribution in [1.29, 1.82) is 0 Å². The van der Waals surface area contributed by atoms with Crippen LogP contribution in [0.4, 0.5) is 4.79 Å². The number of nitrogens with zero attached hydrogens (tertiary/aromatic N) is 3. The van der Waals surface area contributed by atoms with Gasteiger partial charge in [0.1, 0.15) is 12.1 Å². The fraction of sp³-hybridized carbons (Fsp3) is 0.880. The SMILES string of the molecule is CCCN(C1CC(C(=O)OCC)N(CC2CCC3CN(C(=O)OC)C(C(=O)OCC)CC3C2)C1)S(=O)O. The Morgan fingerprint density at radius 1 is 0.946 bits per heavy atom. The molecule has 7 atom stereocenters. The van der Waals surface area contributed by atoms with E-state index in [1.54, 1.807) is 18.2 Å². The van der Waals surface area contributed by atoms with Crippen LogP contribution >= 0.6 is 0 Å². The minimum atomic E-state index is -2.10. The molecule has 3 aliphatic rings. The zero-order valence-corrected chi connectivity index (χ0v) is 23.3. The van der Waals surface area contributed by atoms with Crippen molar-refractivity contribution in [2.75, 3.05) is 46.5 Å². The summed E-state index contributed by atoms with van der Waals surface area (Å²) >= 11 is -2.10. The van der Waals surface area contributed by atoms with E-state index in [0.717, 1.165) is 25.7 Å². The minimum absolute atomic E-state index is 0.201. The highest BCUT2D eigenvalue weighted by atomic mass is 32.2. The molecule has 0 aromatic heterocycles. The number of hydrogen-bond acceptors (Lipinski definition) is 8. The summed E-state index contributed by atoms with van der Waals surface area (Å²) in [4.78, 5) is 41.5. The molecule has 7 unspecified atom stereocenters. The average molecular weight is 546 g/mol. The van der Waals surface area contributed by atoms with E-state index in [4.69, 9.17) is 14.2 Å². The van der Waals surface area contributed by atoms with Crippen molar-refractivity contribution >= 4 is 29.3 Å². The lowest BCUT2D eigenvalue weighted by molar-refractivity contribution is -0.153. The molecular formula is C25H43N3O8S. The maximum atomic E-state index is 12.8. The van der Waals surface area contributed by atoms with Gasteiger partial charge in [0.15, 0.2) is 0 Å². The Morgan fingerprint density at radius 2 is 1.62 bits per heavy atom. The lowest BCUT2D eigenvalue weighted by atomic mass is 9.69. The van der Waals surface area contributed by atoms with Crippen molar-refractivity contribution in [1.82, 2.24) is 14.1 Å². The molecule has 0 bridgehead atoms. The lowest BCUT2D eigenvalue weighted by Crippen LogP contribution is -2.55. The van der Waals surface area contributed by atoms with Gasteiger partial charge in [-0.25, -0.2) is 13.8 Å². The predicted octanol–water partition coefficient (Wildman–Crippen LogP) is 2.28. The lowest BCUT2D eigenvalue weighted by Gasteiger charge is -2.46. The molecule has 1 amide bonds. The summed E-state index contributed by atoms with van der Waals surface area (Å²) in [5, 5.41) is 0. The van der Waals surface area contributed by atoms with Crippen LogP contribution in [0.2, 0.25) is 0 Å². The molecule has 2 aliphatic heterocycles. The van der Waals surface area contributed by atoms with E-state index in [2.05, 4.69) is 4.90 Å². The number of amides is 1. The first-order valence-corrected chi connectivity index (χ1v) is 14.6. The number of ether oxygens (including phenoxy) is 3. The van der Waals surface area contributed by atoms with Gasteiger partial charge in [-0.3, -0.25) is 19.1 Å². The number of likely N-dealkylation sites (tertiary alicyclic amines) is 2. The topological polar surface area (TPSA) is 126 Å². The van der Waals surface area contributed by atoms with Gasteiger partial charge in [-0.1, -0.05) is 6.92 Å². The monoisotopic (exact) mass is 545 g/mol. The van der Waals surface area contributed by atoms with E-state index < -0.39 is 35.4 Å². The van der Waals surface area contributed by atoms with Gasteiger partial charge >= 0.3 is 18.0 Å². The molecule has 1 saturated carbocycles.